The SMILES string of the molecule is CN(C(=O)c1n[nH]c(C2CC2)n1)[C@@H]1CNC[C@H]1O. The number of aliphatic hydroxyl groups is 1. The van der Waals surface area contributed by atoms with Crippen LogP contribution in [0.3, 0.4) is 0 Å². The van der Waals surface area contributed by atoms with E-state index < -0.39 is 6.10 Å². The quantitative estimate of drug-likeness (QED) is 0.646. The minimum atomic E-state index is -0.527. The number of nitrogens with zero attached hydrogens (tertiary/aromatic N) is 3. The van der Waals surface area contributed by atoms with Gasteiger partial charge in [-0.3, -0.25) is 9.89 Å². The van der Waals surface area contributed by atoms with E-state index in [9.17, 15) is 9.90 Å². The van der Waals surface area contributed by atoms with Crippen molar-refractivity contribution in [3.05, 3.63) is 11.6 Å². The van der Waals surface area contributed by atoms with E-state index in [0.29, 0.717) is 19.0 Å². The summed E-state index contributed by atoms with van der Waals surface area (Å²) < 4.78 is 0. The van der Waals surface area contributed by atoms with Crippen LogP contribution in [0, 0.1) is 0 Å². The highest BCUT2D eigenvalue weighted by molar-refractivity contribution is 5.90. The minimum absolute atomic E-state index is 0.193. The Balaban J connectivity index is 1.72. The molecule has 7 nitrogen and oxygen atoms in total. The molecule has 0 radical (unpaired) electrons. The topological polar surface area (TPSA) is 94.1 Å². The summed E-state index contributed by atoms with van der Waals surface area (Å²) in [5.74, 6) is 1.20. The Morgan fingerprint density at radius 3 is 2.83 bits per heavy atom. The van der Waals surface area contributed by atoms with Gasteiger partial charge in [0.1, 0.15) is 5.82 Å². The molecule has 0 bridgehead atoms. The molecular formula is C11H17N5O2. The predicted molar refractivity (Wildman–Crippen MR) is 63.1 cm³/mol. The highest BCUT2D eigenvalue weighted by Crippen LogP contribution is 2.37. The number of aliphatic hydroxyl groups excluding tert-OH is 1. The molecule has 1 saturated carbocycles. The Kier molecular flexibility index (Phi) is 2.79. The zero-order chi connectivity index (χ0) is 12.7. The Labute approximate surface area is 105 Å². The van der Waals surface area contributed by atoms with E-state index in [0.717, 1.165) is 18.7 Å². The molecule has 7 heteroatoms. The average molecular weight is 251 g/mol. The van der Waals surface area contributed by atoms with Crippen LogP contribution in [0.5, 0.6) is 0 Å². The number of β-amino-alcohol motifs (C(OH)–C–C–N with tert-alkyl or cyclic N) is 1. The molecule has 1 saturated heterocycles. The third kappa shape index (κ3) is 1.99. The predicted octanol–water partition coefficient (Wildman–Crippen LogP) is -0.913. The number of carbonyl (C=O) groups is 1. The molecule has 1 aromatic rings. The molecular weight excluding hydrogens is 234 g/mol. The Bertz CT molecular complexity index is 456. The molecule has 1 amide bonds. The summed E-state index contributed by atoms with van der Waals surface area (Å²) in [7, 11) is 1.68. The van der Waals surface area contributed by atoms with Crippen molar-refractivity contribution in [2.75, 3.05) is 20.1 Å². The van der Waals surface area contributed by atoms with Gasteiger partial charge in [0.05, 0.1) is 12.1 Å². The lowest BCUT2D eigenvalue weighted by molar-refractivity contribution is 0.0570. The van der Waals surface area contributed by atoms with Gasteiger partial charge in [0.15, 0.2) is 0 Å². The summed E-state index contributed by atoms with van der Waals surface area (Å²) in [5, 5.41) is 19.6. The van der Waals surface area contributed by atoms with E-state index in [1.54, 1.807) is 7.05 Å². The molecule has 1 aliphatic heterocycles. The first-order valence-electron chi connectivity index (χ1n) is 6.25. The van der Waals surface area contributed by atoms with Crippen molar-refractivity contribution in [1.82, 2.24) is 25.4 Å². The number of hydrogen-bond donors (Lipinski definition) is 3. The van der Waals surface area contributed by atoms with E-state index in [-0.39, 0.29) is 17.8 Å². The second-order valence-electron chi connectivity index (χ2n) is 5.03. The summed E-state index contributed by atoms with van der Waals surface area (Å²) >= 11 is 0. The zero-order valence-electron chi connectivity index (χ0n) is 10.3. The van der Waals surface area contributed by atoms with Crippen molar-refractivity contribution in [1.29, 1.82) is 0 Å². The first-order valence-corrected chi connectivity index (χ1v) is 6.25. The van der Waals surface area contributed by atoms with Crippen LogP contribution in [-0.2, 0) is 0 Å². The number of aromatic amines is 1. The van der Waals surface area contributed by atoms with Crippen LogP contribution in [0.15, 0.2) is 0 Å². The zero-order valence-corrected chi connectivity index (χ0v) is 10.3. The van der Waals surface area contributed by atoms with Crippen molar-refractivity contribution in [2.45, 2.75) is 30.9 Å². The summed E-state index contributed by atoms with van der Waals surface area (Å²) in [6, 6.07) is -0.208. The average Bonchev–Trinajstić information content (AvgIpc) is 2.94. The third-order valence-corrected chi connectivity index (χ3v) is 3.63. The van der Waals surface area contributed by atoms with Crippen LogP contribution in [-0.4, -0.2) is 63.4 Å². The van der Waals surface area contributed by atoms with E-state index in [4.69, 9.17) is 0 Å². The summed E-state index contributed by atoms with van der Waals surface area (Å²) in [6.07, 6.45) is 1.70. The van der Waals surface area contributed by atoms with Gasteiger partial charge in [0.25, 0.3) is 5.91 Å². The summed E-state index contributed by atoms with van der Waals surface area (Å²) in [6.45, 7) is 1.12. The van der Waals surface area contributed by atoms with Crippen LogP contribution in [0.2, 0.25) is 0 Å². The normalized spacial score (nSPS) is 27.4. The Morgan fingerprint density at radius 1 is 1.44 bits per heavy atom. The molecule has 1 aromatic heterocycles. The molecule has 3 rings (SSSR count). The lowest BCUT2D eigenvalue weighted by atomic mass is 10.2. The monoisotopic (exact) mass is 251 g/mol. The van der Waals surface area contributed by atoms with Crippen molar-refractivity contribution in [3.8, 4) is 0 Å². The van der Waals surface area contributed by atoms with Gasteiger partial charge < -0.3 is 15.3 Å². The summed E-state index contributed by atoms with van der Waals surface area (Å²) in [5.41, 5.74) is 0. The minimum Gasteiger partial charge on any atom is -0.390 e. The van der Waals surface area contributed by atoms with Crippen LogP contribution in [0.25, 0.3) is 0 Å². The van der Waals surface area contributed by atoms with E-state index in [1.165, 1.54) is 4.90 Å². The molecule has 2 atom stereocenters. The molecule has 0 unspecified atom stereocenters. The second kappa shape index (κ2) is 4.33. The summed E-state index contributed by atoms with van der Waals surface area (Å²) in [4.78, 5) is 17.9. The lowest BCUT2D eigenvalue weighted by Gasteiger charge is -2.25. The molecule has 0 spiro atoms. The standard InChI is InChI=1S/C11H17N5O2/c1-16(7-4-12-5-8(7)17)11(18)10-13-9(14-15-10)6-2-3-6/h6-8,12,17H,2-5H2,1H3,(H,13,14,15)/t7-,8-/m1/s1. The van der Waals surface area contributed by atoms with Crippen LogP contribution >= 0.6 is 0 Å². The third-order valence-electron chi connectivity index (χ3n) is 3.63. The first-order chi connectivity index (χ1) is 8.66. The fraction of sp³-hybridized carbons (Fsp3) is 0.727. The van der Waals surface area contributed by atoms with E-state index in [1.807, 2.05) is 0 Å². The number of carbonyl (C=O) groups excluding carboxylic acids is 1. The van der Waals surface area contributed by atoms with Gasteiger partial charge in [-0.1, -0.05) is 0 Å². The fourth-order valence-corrected chi connectivity index (χ4v) is 2.26. The molecule has 18 heavy (non-hydrogen) atoms. The molecule has 1 aliphatic carbocycles. The maximum atomic E-state index is 12.2. The van der Waals surface area contributed by atoms with E-state index in [2.05, 4.69) is 20.5 Å². The highest BCUT2D eigenvalue weighted by Gasteiger charge is 2.34. The molecule has 2 aliphatic rings. The maximum Gasteiger partial charge on any atom is 0.293 e. The molecule has 3 N–H and O–H groups in total. The van der Waals surface area contributed by atoms with Gasteiger partial charge in [-0.05, 0) is 12.8 Å². The maximum absolute atomic E-state index is 12.2. The first kappa shape index (κ1) is 11.6. The van der Waals surface area contributed by atoms with Crippen LogP contribution in [0.1, 0.15) is 35.2 Å². The van der Waals surface area contributed by atoms with Crippen LogP contribution < -0.4 is 5.32 Å². The lowest BCUT2D eigenvalue weighted by Crippen LogP contribution is -2.44. The number of likely N-dealkylation sites (N-methyl/N-ethyl adjacent to an activating group) is 1. The number of hydrogen-bond acceptors (Lipinski definition) is 5. The van der Waals surface area contributed by atoms with Crippen LogP contribution in [0.4, 0.5) is 0 Å². The molecule has 2 fully saturated rings. The van der Waals surface area contributed by atoms with Gasteiger partial charge in [-0.25, -0.2) is 4.98 Å². The van der Waals surface area contributed by atoms with Crippen molar-refractivity contribution in [2.24, 2.45) is 0 Å². The number of rotatable bonds is 3. The van der Waals surface area contributed by atoms with E-state index >= 15 is 0 Å². The molecule has 0 aromatic carbocycles. The Hall–Kier alpha value is -1.47. The number of aromatic nitrogens is 3. The fourth-order valence-electron chi connectivity index (χ4n) is 2.26. The van der Waals surface area contributed by atoms with Crippen molar-refractivity contribution >= 4 is 5.91 Å². The van der Waals surface area contributed by atoms with Gasteiger partial charge in [0.2, 0.25) is 5.82 Å². The Morgan fingerprint density at radius 2 is 2.22 bits per heavy atom. The number of nitrogens with one attached hydrogen (secondary N) is 2. The van der Waals surface area contributed by atoms with Gasteiger partial charge in [0, 0.05) is 26.1 Å². The second-order valence-corrected chi connectivity index (χ2v) is 5.03. The smallest absolute Gasteiger partial charge is 0.293 e. The van der Waals surface area contributed by atoms with Gasteiger partial charge in [-0.15, -0.1) is 5.10 Å². The number of H-pyrrole nitrogens is 1. The van der Waals surface area contributed by atoms with Gasteiger partial charge >= 0.3 is 0 Å². The van der Waals surface area contributed by atoms with Gasteiger partial charge in [-0.2, -0.15) is 0 Å². The highest BCUT2D eigenvalue weighted by atomic mass is 16.3. The molecule has 98 valence electrons. The largest absolute Gasteiger partial charge is 0.390 e. The van der Waals surface area contributed by atoms with Crippen molar-refractivity contribution in [3.63, 3.8) is 0 Å². The number of amides is 1. The van der Waals surface area contributed by atoms with Crippen molar-refractivity contribution < 1.29 is 9.90 Å². The molecule has 2 heterocycles.